The van der Waals surface area contributed by atoms with E-state index in [1.807, 2.05) is 30.3 Å². The number of halogens is 1. The van der Waals surface area contributed by atoms with Gasteiger partial charge in [0.05, 0.1) is 12.6 Å². The van der Waals surface area contributed by atoms with Crippen LogP contribution in [0.1, 0.15) is 42.5 Å². The minimum Gasteiger partial charge on any atom is -0.394 e. The number of piperidine rings is 1. The molecule has 0 saturated carbocycles. The van der Waals surface area contributed by atoms with Crippen molar-refractivity contribution in [2.45, 2.75) is 31.3 Å². The molecule has 0 aliphatic carbocycles. The highest BCUT2D eigenvalue weighted by Crippen LogP contribution is 2.37. The van der Waals surface area contributed by atoms with Crippen molar-refractivity contribution < 1.29 is 9.50 Å². The predicted molar refractivity (Wildman–Crippen MR) is 86.0 cm³/mol. The summed E-state index contributed by atoms with van der Waals surface area (Å²) in [6.45, 7) is 1.06. The molecule has 116 valence electrons. The van der Waals surface area contributed by atoms with Crippen molar-refractivity contribution in [2.24, 2.45) is 0 Å². The molecule has 1 unspecified atom stereocenters. The van der Waals surface area contributed by atoms with E-state index >= 15 is 0 Å². The van der Waals surface area contributed by atoms with Gasteiger partial charge in [0.1, 0.15) is 5.82 Å². The zero-order valence-electron chi connectivity index (χ0n) is 12.7. The van der Waals surface area contributed by atoms with Crippen molar-refractivity contribution in [1.82, 2.24) is 4.90 Å². The Morgan fingerprint density at radius 2 is 1.77 bits per heavy atom. The molecule has 2 nitrogen and oxygen atoms in total. The molecule has 1 aliphatic heterocycles. The van der Waals surface area contributed by atoms with Crippen LogP contribution in [0.2, 0.25) is 0 Å². The summed E-state index contributed by atoms with van der Waals surface area (Å²) in [5, 5.41) is 9.94. The standard InChI is InChI=1S/C19H22FNO/c20-17-11-9-16(10-12-17)18-8-4-5-13-21(18)19(14-22)15-6-2-1-3-7-15/h1-3,6-7,9-12,18-19,22H,4-5,8,13-14H2/t18?,19-/m1/s1. The molecule has 1 fully saturated rings. The van der Waals surface area contributed by atoms with E-state index in [9.17, 15) is 9.50 Å². The summed E-state index contributed by atoms with van der Waals surface area (Å²) in [4.78, 5) is 2.37. The van der Waals surface area contributed by atoms with Crippen molar-refractivity contribution in [3.63, 3.8) is 0 Å². The molecule has 1 aliphatic rings. The van der Waals surface area contributed by atoms with Crippen LogP contribution in [0, 0.1) is 5.82 Å². The molecule has 22 heavy (non-hydrogen) atoms. The fourth-order valence-corrected chi connectivity index (χ4v) is 3.45. The third kappa shape index (κ3) is 3.21. The van der Waals surface area contributed by atoms with Gasteiger partial charge in [-0.15, -0.1) is 0 Å². The van der Waals surface area contributed by atoms with Crippen LogP contribution >= 0.6 is 0 Å². The number of hydrogen-bond acceptors (Lipinski definition) is 2. The first-order valence-electron chi connectivity index (χ1n) is 7.96. The minimum atomic E-state index is -0.201. The highest BCUT2D eigenvalue weighted by atomic mass is 19.1. The highest BCUT2D eigenvalue weighted by molar-refractivity contribution is 5.24. The Labute approximate surface area is 131 Å². The number of benzene rings is 2. The van der Waals surface area contributed by atoms with Gasteiger partial charge in [0.2, 0.25) is 0 Å². The number of likely N-dealkylation sites (tertiary alicyclic amines) is 1. The number of aliphatic hydroxyl groups excluding tert-OH is 1. The molecule has 0 aromatic heterocycles. The Kier molecular flexibility index (Phi) is 4.86. The molecule has 3 heteroatoms. The van der Waals surface area contributed by atoms with Crippen LogP contribution in [0.4, 0.5) is 4.39 Å². The SMILES string of the molecule is OC[C@H](c1ccccc1)N1CCCCC1c1ccc(F)cc1. The molecule has 3 rings (SSSR count). The highest BCUT2D eigenvalue weighted by Gasteiger charge is 2.30. The van der Waals surface area contributed by atoms with Crippen LogP contribution in [0.5, 0.6) is 0 Å². The average Bonchev–Trinajstić information content (AvgIpc) is 2.58. The Balaban J connectivity index is 1.89. The zero-order chi connectivity index (χ0) is 15.4. The van der Waals surface area contributed by atoms with Crippen LogP contribution in [-0.2, 0) is 0 Å². The maximum absolute atomic E-state index is 13.2. The van der Waals surface area contributed by atoms with Gasteiger partial charge in [0, 0.05) is 6.04 Å². The summed E-state index contributed by atoms with van der Waals surface area (Å²) in [6.07, 6.45) is 3.36. The molecule has 0 spiro atoms. The largest absolute Gasteiger partial charge is 0.394 e. The normalized spacial score (nSPS) is 20.7. The summed E-state index contributed by atoms with van der Waals surface area (Å²) in [6, 6.07) is 17.2. The smallest absolute Gasteiger partial charge is 0.123 e. The summed E-state index contributed by atoms with van der Waals surface area (Å²) in [5.41, 5.74) is 2.27. The third-order valence-electron chi connectivity index (χ3n) is 4.56. The molecule has 2 atom stereocenters. The van der Waals surface area contributed by atoms with Gasteiger partial charge in [-0.2, -0.15) is 0 Å². The van der Waals surface area contributed by atoms with E-state index in [0.29, 0.717) is 0 Å². The van der Waals surface area contributed by atoms with E-state index in [0.717, 1.165) is 30.5 Å². The van der Waals surface area contributed by atoms with E-state index in [-0.39, 0.29) is 24.5 Å². The van der Waals surface area contributed by atoms with E-state index in [2.05, 4.69) is 17.0 Å². The first kappa shape index (κ1) is 15.2. The second kappa shape index (κ2) is 7.03. The topological polar surface area (TPSA) is 23.5 Å². The molecular weight excluding hydrogens is 277 g/mol. The maximum atomic E-state index is 13.2. The fraction of sp³-hybridized carbons (Fsp3) is 0.368. The van der Waals surface area contributed by atoms with E-state index in [1.165, 1.54) is 18.6 Å². The van der Waals surface area contributed by atoms with Crippen LogP contribution in [-0.4, -0.2) is 23.2 Å². The molecular formula is C19H22FNO. The van der Waals surface area contributed by atoms with Crippen molar-refractivity contribution in [3.8, 4) is 0 Å². The van der Waals surface area contributed by atoms with Crippen LogP contribution in [0.15, 0.2) is 54.6 Å². The van der Waals surface area contributed by atoms with Gasteiger partial charge in [-0.1, -0.05) is 48.9 Å². The summed E-state index contributed by atoms with van der Waals surface area (Å²) < 4.78 is 13.2. The van der Waals surface area contributed by atoms with Gasteiger partial charge in [0.25, 0.3) is 0 Å². The Hall–Kier alpha value is -1.71. The minimum absolute atomic E-state index is 0.00319. The summed E-state index contributed by atoms with van der Waals surface area (Å²) >= 11 is 0. The monoisotopic (exact) mass is 299 g/mol. The van der Waals surface area contributed by atoms with Crippen molar-refractivity contribution in [3.05, 3.63) is 71.5 Å². The molecule has 1 N–H and O–H groups in total. The lowest BCUT2D eigenvalue weighted by Crippen LogP contribution is -2.38. The lowest BCUT2D eigenvalue weighted by atomic mass is 9.92. The number of aliphatic hydroxyl groups is 1. The molecule has 1 heterocycles. The molecule has 0 bridgehead atoms. The molecule has 2 aromatic carbocycles. The Morgan fingerprint density at radius 3 is 2.45 bits per heavy atom. The molecule has 1 saturated heterocycles. The predicted octanol–water partition coefficient (Wildman–Crippen LogP) is 4.09. The maximum Gasteiger partial charge on any atom is 0.123 e. The van der Waals surface area contributed by atoms with Gasteiger partial charge < -0.3 is 5.11 Å². The number of nitrogens with zero attached hydrogens (tertiary/aromatic N) is 1. The second-order valence-electron chi connectivity index (χ2n) is 5.91. The van der Waals surface area contributed by atoms with Gasteiger partial charge in [-0.3, -0.25) is 4.90 Å². The molecule has 2 aromatic rings. The van der Waals surface area contributed by atoms with Crippen molar-refractivity contribution in [2.75, 3.05) is 13.2 Å². The van der Waals surface area contributed by atoms with Gasteiger partial charge in [-0.05, 0) is 42.6 Å². The van der Waals surface area contributed by atoms with E-state index in [4.69, 9.17) is 0 Å². The van der Waals surface area contributed by atoms with Gasteiger partial charge >= 0.3 is 0 Å². The molecule has 0 radical (unpaired) electrons. The number of rotatable bonds is 4. The van der Waals surface area contributed by atoms with Crippen LogP contribution < -0.4 is 0 Å². The van der Waals surface area contributed by atoms with Crippen LogP contribution in [0.25, 0.3) is 0 Å². The first-order chi connectivity index (χ1) is 10.8. The van der Waals surface area contributed by atoms with Gasteiger partial charge in [-0.25, -0.2) is 4.39 Å². The lowest BCUT2D eigenvalue weighted by Gasteiger charge is -2.41. The quantitative estimate of drug-likeness (QED) is 0.919. The average molecular weight is 299 g/mol. The van der Waals surface area contributed by atoms with Crippen LogP contribution in [0.3, 0.4) is 0 Å². The second-order valence-corrected chi connectivity index (χ2v) is 5.91. The molecule has 0 amide bonds. The Bertz CT molecular complexity index is 584. The summed E-state index contributed by atoms with van der Waals surface area (Å²) in [7, 11) is 0. The summed E-state index contributed by atoms with van der Waals surface area (Å²) in [5.74, 6) is -0.201. The fourth-order valence-electron chi connectivity index (χ4n) is 3.45. The van der Waals surface area contributed by atoms with Crippen molar-refractivity contribution in [1.29, 1.82) is 0 Å². The number of hydrogen-bond donors (Lipinski definition) is 1. The lowest BCUT2D eigenvalue weighted by molar-refractivity contribution is 0.0558. The zero-order valence-corrected chi connectivity index (χ0v) is 12.7. The third-order valence-corrected chi connectivity index (χ3v) is 4.56. The Morgan fingerprint density at radius 1 is 1.05 bits per heavy atom. The van der Waals surface area contributed by atoms with E-state index < -0.39 is 0 Å². The van der Waals surface area contributed by atoms with Gasteiger partial charge in [0.15, 0.2) is 0 Å². The van der Waals surface area contributed by atoms with Crippen molar-refractivity contribution >= 4 is 0 Å². The first-order valence-corrected chi connectivity index (χ1v) is 7.96. The van der Waals surface area contributed by atoms with E-state index in [1.54, 1.807) is 0 Å².